The van der Waals surface area contributed by atoms with Gasteiger partial charge in [-0.2, -0.15) is 0 Å². The van der Waals surface area contributed by atoms with Crippen LogP contribution in [0.25, 0.3) is 0 Å². The van der Waals surface area contributed by atoms with E-state index in [0.717, 1.165) is 5.56 Å². The molecule has 1 nitrogen and oxygen atoms in total. The molecule has 1 unspecified atom stereocenters. The zero-order valence-electron chi connectivity index (χ0n) is 11.6. The largest absolute Gasteiger partial charge is 0.384 e. The van der Waals surface area contributed by atoms with Crippen LogP contribution in [0.15, 0.2) is 42.5 Å². The van der Waals surface area contributed by atoms with Crippen LogP contribution in [0.5, 0.6) is 0 Å². The third-order valence-electron chi connectivity index (χ3n) is 4.34. The summed E-state index contributed by atoms with van der Waals surface area (Å²) in [5, 5.41) is 10.3. The van der Waals surface area contributed by atoms with Gasteiger partial charge >= 0.3 is 0 Å². The molecule has 1 fully saturated rings. The average Bonchev–Trinajstić information content (AvgIpc) is 2.40. The molecule has 0 aromatic heterocycles. The molecular formula is C18H19FO. The molecule has 1 aliphatic rings. The van der Waals surface area contributed by atoms with E-state index in [2.05, 4.69) is 12.1 Å². The lowest BCUT2D eigenvalue weighted by atomic mass is 9.80. The van der Waals surface area contributed by atoms with Gasteiger partial charge in [0.05, 0.1) is 0 Å². The van der Waals surface area contributed by atoms with Crippen molar-refractivity contribution in [3.63, 3.8) is 0 Å². The summed E-state index contributed by atoms with van der Waals surface area (Å²) in [5.74, 6) is 0.422. The lowest BCUT2D eigenvalue weighted by Gasteiger charge is -2.26. The Hall–Kier alpha value is -1.67. The molecule has 0 aliphatic heterocycles. The van der Waals surface area contributed by atoms with E-state index < -0.39 is 6.10 Å². The van der Waals surface area contributed by atoms with Crippen molar-refractivity contribution in [2.24, 2.45) is 0 Å². The van der Waals surface area contributed by atoms with Crippen LogP contribution in [0.3, 0.4) is 0 Å². The molecule has 0 spiro atoms. The number of aryl methyl sites for hydroxylation is 1. The van der Waals surface area contributed by atoms with Gasteiger partial charge < -0.3 is 5.11 Å². The Balaban J connectivity index is 1.82. The maximum absolute atomic E-state index is 13.6. The van der Waals surface area contributed by atoms with Crippen molar-refractivity contribution in [3.05, 3.63) is 70.5 Å². The van der Waals surface area contributed by atoms with Crippen molar-refractivity contribution in [1.82, 2.24) is 0 Å². The topological polar surface area (TPSA) is 20.2 Å². The van der Waals surface area contributed by atoms with Crippen molar-refractivity contribution in [2.45, 2.75) is 38.2 Å². The van der Waals surface area contributed by atoms with Crippen molar-refractivity contribution in [2.75, 3.05) is 0 Å². The van der Waals surface area contributed by atoms with Crippen LogP contribution in [-0.4, -0.2) is 5.11 Å². The fraction of sp³-hybridized carbons (Fsp3) is 0.333. The SMILES string of the molecule is Cc1ccc(C(O)c2ccc(C3CCC3)cc2)cc1F. The molecule has 1 N–H and O–H groups in total. The lowest BCUT2D eigenvalue weighted by molar-refractivity contribution is 0.219. The van der Waals surface area contributed by atoms with Crippen molar-refractivity contribution < 1.29 is 9.50 Å². The van der Waals surface area contributed by atoms with E-state index in [0.29, 0.717) is 17.0 Å². The standard InChI is InChI=1S/C18H19FO/c1-12-5-6-16(11-17(12)19)18(20)15-9-7-14(8-10-15)13-3-2-4-13/h5-11,13,18,20H,2-4H2,1H3. The molecule has 1 atom stereocenters. The molecule has 0 amide bonds. The number of aliphatic hydroxyl groups excluding tert-OH is 1. The summed E-state index contributed by atoms with van der Waals surface area (Å²) in [6.07, 6.45) is 3.09. The highest BCUT2D eigenvalue weighted by Crippen LogP contribution is 2.36. The first-order chi connectivity index (χ1) is 9.65. The number of hydrogen-bond acceptors (Lipinski definition) is 1. The number of aliphatic hydroxyl groups is 1. The zero-order valence-corrected chi connectivity index (χ0v) is 11.6. The van der Waals surface area contributed by atoms with Crippen LogP contribution in [0.4, 0.5) is 4.39 Å². The maximum atomic E-state index is 13.6. The zero-order chi connectivity index (χ0) is 14.1. The van der Waals surface area contributed by atoms with E-state index in [1.165, 1.54) is 30.9 Å². The van der Waals surface area contributed by atoms with Gasteiger partial charge in [0.2, 0.25) is 0 Å². The second-order valence-corrected chi connectivity index (χ2v) is 5.71. The number of halogens is 1. The number of rotatable bonds is 3. The Bertz CT molecular complexity index is 599. The second kappa shape index (κ2) is 5.37. The van der Waals surface area contributed by atoms with Crippen molar-refractivity contribution in [1.29, 1.82) is 0 Å². The van der Waals surface area contributed by atoms with E-state index >= 15 is 0 Å². The summed E-state index contributed by atoms with van der Waals surface area (Å²) in [6, 6.07) is 13.0. The normalized spacial score (nSPS) is 16.8. The van der Waals surface area contributed by atoms with Crippen LogP contribution >= 0.6 is 0 Å². The molecule has 0 heterocycles. The van der Waals surface area contributed by atoms with Gasteiger partial charge in [-0.05, 0) is 54.0 Å². The second-order valence-electron chi connectivity index (χ2n) is 5.71. The van der Waals surface area contributed by atoms with Gasteiger partial charge in [0.1, 0.15) is 11.9 Å². The minimum absolute atomic E-state index is 0.271. The van der Waals surface area contributed by atoms with Gasteiger partial charge in [-0.1, -0.05) is 42.8 Å². The lowest BCUT2D eigenvalue weighted by Crippen LogP contribution is -2.09. The van der Waals surface area contributed by atoms with Gasteiger partial charge in [0, 0.05) is 0 Å². The fourth-order valence-corrected chi connectivity index (χ4v) is 2.66. The molecule has 1 aliphatic carbocycles. The van der Waals surface area contributed by atoms with Gasteiger partial charge in [-0.15, -0.1) is 0 Å². The molecular weight excluding hydrogens is 251 g/mol. The highest BCUT2D eigenvalue weighted by Gasteiger charge is 2.19. The minimum Gasteiger partial charge on any atom is -0.384 e. The van der Waals surface area contributed by atoms with E-state index in [9.17, 15) is 9.50 Å². The summed E-state index contributed by atoms with van der Waals surface area (Å²) < 4.78 is 13.6. The van der Waals surface area contributed by atoms with Crippen LogP contribution in [0, 0.1) is 12.7 Å². The molecule has 1 saturated carbocycles. The Morgan fingerprint density at radius 1 is 1.05 bits per heavy atom. The number of benzene rings is 2. The monoisotopic (exact) mass is 270 g/mol. The van der Waals surface area contributed by atoms with Crippen LogP contribution in [-0.2, 0) is 0 Å². The van der Waals surface area contributed by atoms with Crippen molar-refractivity contribution >= 4 is 0 Å². The fourth-order valence-electron chi connectivity index (χ4n) is 2.66. The van der Waals surface area contributed by atoms with Gasteiger partial charge in [-0.25, -0.2) is 4.39 Å². The molecule has 0 radical (unpaired) electrons. The molecule has 0 bridgehead atoms. The summed E-state index contributed by atoms with van der Waals surface area (Å²) in [7, 11) is 0. The summed E-state index contributed by atoms with van der Waals surface area (Å²) in [5.41, 5.74) is 3.37. The quantitative estimate of drug-likeness (QED) is 0.871. The van der Waals surface area contributed by atoms with Gasteiger partial charge in [0.25, 0.3) is 0 Å². The van der Waals surface area contributed by atoms with Gasteiger partial charge in [0.15, 0.2) is 0 Å². The van der Waals surface area contributed by atoms with E-state index in [1.807, 2.05) is 12.1 Å². The maximum Gasteiger partial charge on any atom is 0.126 e. The summed E-state index contributed by atoms with van der Waals surface area (Å²) >= 11 is 0. The first-order valence-corrected chi connectivity index (χ1v) is 7.19. The predicted molar refractivity (Wildman–Crippen MR) is 78.2 cm³/mol. The Morgan fingerprint density at radius 2 is 1.70 bits per heavy atom. The Morgan fingerprint density at radius 3 is 2.25 bits per heavy atom. The molecule has 104 valence electrons. The smallest absolute Gasteiger partial charge is 0.126 e. The first-order valence-electron chi connectivity index (χ1n) is 7.19. The van der Waals surface area contributed by atoms with Crippen LogP contribution in [0.2, 0.25) is 0 Å². The van der Waals surface area contributed by atoms with Crippen molar-refractivity contribution in [3.8, 4) is 0 Å². The van der Waals surface area contributed by atoms with Crippen LogP contribution < -0.4 is 0 Å². The Kier molecular flexibility index (Phi) is 3.58. The van der Waals surface area contributed by atoms with Crippen LogP contribution in [0.1, 0.15) is 53.5 Å². The molecule has 0 saturated heterocycles. The third kappa shape index (κ3) is 2.48. The highest BCUT2D eigenvalue weighted by atomic mass is 19.1. The predicted octanol–water partition coefficient (Wildman–Crippen LogP) is 4.48. The molecule has 20 heavy (non-hydrogen) atoms. The molecule has 3 rings (SSSR count). The Labute approximate surface area is 119 Å². The van der Waals surface area contributed by atoms with E-state index in [4.69, 9.17) is 0 Å². The summed E-state index contributed by atoms with van der Waals surface area (Å²) in [6.45, 7) is 1.72. The van der Waals surface area contributed by atoms with Gasteiger partial charge in [-0.3, -0.25) is 0 Å². The number of hydrogen-bond donors (Lipinski definition) is 1. The minimum atomic E-state index is -0.763. The first kappa shape index (κ1) is 13.3. The molecule has 2 aromatic rings. The third-order valence-corrected chi connectivity index (χ3v) is 4.34. The average molecular weight is 270 g/mol. The highest BCUT2D eigenvalue weighted by molar-refractivity contribution is 5.34. The summed E-state index contributed by atoms with van der Waals surface area (Å²) in [4.78, 5) is 0. The van der Waals surface area contributed by atoms with E-state index in [-0.39, 0.29) is 5.82 Å². The van der Waals surface area contributed by atoms with E-state index in [1.54, 1.807) is 19.1 Å². The molecule has 2 heteroatoms. The molecule has 2 aromatic carbocycles.